The molecule has 5 rings (SSSR count). The van der Waals surface area contributed by atoms with E-state index in [4.69, 9.17) is 5.73 Å². The highest BCUT2D eigenvalue weighted by Crippen LogP contribution is 2.25. The van der Waals surface area contributed by atoms with Crippen molar-refractivity contribution in [3.8, 4) is 11.3 Å². The lowest BCUT2D eigenvalue weighted by molar-refractivity contribution is 0.0942. The van der Waals surface area contributed by atoms with Crippen LogP contribution in [0.5, 0.6) is 0 Å². The van der Waals surface area contributed by atoms with Gasteiger partial charge < -0.3 is 16.4 Å². The zero-order valence-electron chi connectivity index (χ0n) is 18.8. The predicted molar refractivity (Wildman–Crippen MR) is 140 cm³/mol. The average molecular weight is 481 g/mol. The molecule has 174 valence electrons. The van der Waals surface area contributed by atoms with E-state index in [-0.39, 0.29) is 18.0 Å². The number of thiophene rings is 1. The number of anilines is 1. The van der Waals surface area contributed by atoms with E-state index >= 15 is 0 Å². The lowest BCUT2D eigenvalue weighted by atomic mass is 9.97. The van der Waals surface area contributed by atoms with E-state index in [1.807, 2.05) is 72.1 Å². The first-order valence-electron chi connectivity index (χ1n) is 11.2. The van der Waals surface area contributed by atoms with Crippen LogP contribution in [0.15, 0.2) is 96.8 Å². The van der Waals surface area contributed by atoms with E-state index in [0.717, 1.165) is 27.3 Å². The fourth-order valence-corrected chi connectivity index (χ4v) is 4.48. The summed E-state index contributed by atoms with van der Waals surface area (Å²) in [6.07, 6.45) is 11.2. The Balaban J connectivity index is 1.20. The van der Waals surface area contributed by atoms with Crippen molar-refractivity contribution in [1.82, 2.24) is 20.3 Å². The van der Waals surface area contributed by atoms with Gasteiger partial charge in [0.2, 0.25) is 5.95 Å². The molecular weight excluding hydrogens is 456 g/mol. The van der Waals surface area contributed by atoms with Crippen molar-refractivity contribution in [2.24, 2.45) is 5.73 Å². The maximum absolute atomic E-state index is 12.9. The number of amides is 1. The summed E-state index contributed by atoms with van der Waals surface area (Å²) in [5, 5.41) is 8.32. The number of allylic oxidation sites excluding steroid dienone is 2. The van der Waals surface area contributed by atoms with Crippen LogP contribution in [0.3, 0.4) is 0 Å². The normalized spacial score (nSPS) is 17.0. The quantitative estimate of drug-likeness (QED) is 0.364. The molecule has 2 unspecified atom stereocenters. The van der Waals surface area contributed by atoms with Gasteiger partial charge in [0.1, 0.15) is 0 Å². The average Bonchev–Trinajstić information content (AvgIpc) is 3.45. The standard InChI is InChI=1S/C27H24N6OS/c28-22-10-9-20(25-4-2-14-35-25)15-24(22)32-26(34)19-7-5-18(6-8-19)16-31-27-30-13-11-23(33-27)21-3-1-12-29-17-21/h1-15,17,22,24H,16,28H2,(H,32,34)(H,30,31,33). The number of hydrogen-bond donors (Lipinski definition) is 3. The molecule has 0 saturated heterocycles. The molecule has 0 saturated carbocycles. The second kappa shape index (κ2) is 10.4. The van der Waals surface area contributed by atoms with Crippen LogP contribution in [-0.2, 0) is 6.54 Å². The number of nitrogens with one attached hydrogen (secondary N) is 2. The van der Waals surface area contributed by atoms with Crippen molar-refractivity contribution in [3.05, 3.63) is 113 Å². The number of pyridine rings is 1. The zero-order valence-corrected chi connectivity index (χ0v) is 19.7. The molecule has 1 aliphatic rings. The van der Waals surface area contributed by atoms with Gasteiger partial charge in [0.05, 0.1) is 11.7 Å². The molecular formula is C27H24N6OS. The summed E-state index contributed by atoms with van der Waals surface area (Å²) >= 11 is 1.66. The van der Waals surface area contributed by atoms with Crippen molar-refractivity contribution >= 4 is 28.8 Å². The monoisotopic (exact) mass is 480 g/mol. The van der Waals surface area contributed by atoms with Crippen LogP contribution in [0.25, 0.3) is 16.8 Å². The third kappa shape index (κ3) is 5.51. The Bertz CT molecular complexity index is 1350. The van der Waals surface area contributed by atoms with Gasteiger partial charge in [-0.1, -0.05) is 36.4 Å². The molecule has 0 aliphatic heterocycles. The second-order valence-electron chi connectivity index (χ2n) is 8.09. The molecule has 1 aromatic carbocycles. The number of hydrogen-bond acceptors (Lipinski definition) is 7. The van der Waals surface area contributed by atoms with Crippen molar-refractivity contribution in [3.63, 3.8) is 0 Å². The SMILES string of the molecule is NC1C=CC(c2cccs2)=CC1NC(=O)c1ccc(CNc2nccc(-c3cccnc3)n2)cc1. The first kappa shape index (κ1) is 22.6. The van der Waals surface area contributed by atoms with Crippen LogP contribution in [0.4, 0.5) is 5.95 Å². The highest BCUT2D eigenvalue weighted by Gasteiger charge is 2.21. The summed E-state index contributed by atoms with van der Waals surface area (Å²) in [6.45, 7) is 0.531. The number of carbonyl (C=O) groups is 1. The van der Waals surface area contributed by atoms with Gasteiger partial charge >= 0.3 is 0 Å². The van der Waals surface area contributed by atoms with Crippen LogP contribution >= 0.6 is 11.3 Å². The van der Waals surface area contributed by atoms with Gasteiger partial charge in [-0.3, -0.25) is 9.78 Å². The molecule has 1 amide bonds. The maximum atomic E-state index is 12.9. The van der Waals surface area contributed by atoms with Gasteiger partial charge in [-0.25, -0.2) is 9.97 Å². The third-order valence-corrected chi connectivity index (χ3v) is 6.57. The first-order valence-corrected chi connectivity index (χ1v) is 12.1. The Kier molecular flexibility index (Phi) is 6.74. The highest BCUT2D eigenvalue weighted by atomic mass is 32.1. The number of benzene rings is 1. The van der Waals surface area contributed by atoms with Gasteiger partial charge in [-0.15, -0.1) is 11.3 Å². The Labute approximate surface area is 207 Å². The van der Waals surface area contributed by atoms with Gasteiger partial charge in [-0.2, -0.15) is 0 Å². The second-order valence-corrected chi connectivity index (χ2v) is 9.04. The van der Waals surface area contributed by atoms with Crippen molar-refractivity contribution in [2.75, 3.05) is 5.32 Å². The van der Waals surface area contributed by atoms with Gasteiger partial charge in [-0.05, 0) is 52.9 Å². The molecule has 0 bridgehead atoms. The van der Waals surface area contributed by atoms with Crippen LogP contribution < -0.4 is 16.4 Å². The van der Waals surface area contributed by atoms with Crippen LogP contribution in [0.1, 0.15) is 20.8 Å². The van der Waals surface area contributed by atoms with E-state index in [1.165, 1.54) is 0 Å². The lowest BCUT2D eigenvalue weighted by Crippen LogP contribution is -2.46. The third-order valence-electron chi connectivity index (χ3n) is 5.65. The Morgan fingerprint density at radius 1 is 1.06 bits per heavy atom. The molecule has 35 heavy (non-hydrogen) atoms. The summed E-state index contributed by atoms with van der Waals surface area (Å²) < 4.78 is 0. The van der Waals surface area contributed by atoms with Gasteiger partial charge in [0, 0.05) is 47.2 Å². The maximum Gasteiger partial charge on any atom is 0.251 e. The zero-order chi connectivity index (χ0) is 24.0. The van der Waals surface area contributed by atoms with Crippen molar-refractivity contribution in [2.45, 2.75) is 18.6 Å². The number of rotatable bonds is 7. The van der Waals surface area contributed by atoms with E-state index in [9.17, 15) is 4.79 Å². The fraction of sp³-hybridized carbons (Fsp3) is 0.111. The summed E-state index contributed by atoms with van der Waals surface area (Å²) in [5.74, 6) is 0.371. The lowest BCUT2D eigenvalue weighted by Gasteiger charge is -2.24. The molecule has 8 heteroatoms. The smallest absolute Gasteiger partial charge is 0.251 e. The van der Waals surface area contributed by atoms with E-state index in [0.29, 0.717) is 18.1 Å². The molecule has 7 nitrogen and oxygen atoms in total. The summed E-state index contributed by atoms with van der Waals surface area (Å²) in [6, 6.07) is 16.7. The van der Waals surface area contributed by atoms with E-state index < -0.39 is 0 Å². The highest BCUT2D eigenvalue weighted by molar-refractivity contribution is 7.11. The molecule has 1 aliphatic carbocycles. The number of carbonyl (C=O) groups excluding carboxylic acids is 1. The summed E-state index contributed by atoms with van der Waals surface area (Å²) in [4.78, 5) is 27.0. The van der Waals surface area contributed by atoms with E-state index in [1.54, 1.807) is 29.9 Å². The topological polar surface area (TPSA) is 106 Å². The molecule has 4 aromatic rings. The molecule has 3 heterocycles. The molecule has 3 aromatic heterocycles. The van der Waals surface area contributed by atoms with Crippen LogP contribution in [0, 0.1) is 0 Å². The Hall–Kier alpha value is -4.14. The number of nitrogens with two attached hydrogens (primary N) is 1. The van der Waals surface area contributed by atoms with Crippen molar-refractivity contribution in [1.29, 1.82) is 0 Å². The fourth-order valence-electron chi connectivity index (χ4n) is 3.75. The van der Waals surface area contributed by atoms with Crippen LogP contribution in [0.2, 0.25) is 0 Å². The van der Waals surface area contributed by atoms with E-state index in [2.05, 4.69) is 31.7 Å². The predicted octanol–water partition coefficient (Wildman–Crippen LogP) is 4.29. The molecule has 0 radical (unpaired) electrons. The molecule has 2 atom stereocenters. The summed E-state index contributed by atoms with van der Waals surface area (Å²) in [7, 11) is 0. The number of aromatic nitrogens is 3. The molecule has 4 N–H and O–H groups in total. The largest absolute Gasteiger partial charge is 0.350 e. The molecule has 0 fully saturated rings. The number of nitrogens with zero attached hydrogens (tertiary/aromatic N) is 3. The van der Waals surface area contributed by atoms with Crippen LogP contribution in [-0.4, -0.2) is 32.9 Å². The van der Waals surface area contributed by atoms with Gasteiger partial charge in [0.25, 0.3) is 5.91 Å². The minimum atomic E-state index is -0.270. The Morgan fingerprint density at radius 3 is 2.71 bits per heavy atom. The first-order chi connectivity index (χ1) is 17.2. The minimum Gasteiger partial charge on any atom is -0.350 e. The summed E-state index contributed by atoms with van der Waals surface area (Å²) in [5.41, 5.74) is 10.6. The van der Waals surface area contributed by atoms with Gasteiger partial charge in [0.15, 0.2) is 0 Å². The minimum absolute atomic E-state index is 0.158. The molecule has 0 spiro atoms. The van der Waals surface area contributed by atoms with Crippen molar-refractivity contribution < 1.29 is 4.79 Å². The Morgan fingerprint density at radius 2 is 1.94 bits per heavy atom.